The van der Waals surface area contributed by atoms with Crippen molar-refractivity contribution in [1.82, 2.24) is 10.9 Å². The second kappa shape index (κ2) is 7.85. The van der Waals surface area contributed by atoms with Crippen molar-refractivity contribution in [3.05, 3.63) is 0 Å². The third-order valence-corrected chi connectivity index (χ3v) is 3.03. The summed E-state index contributed by atoms with van der Waals surface area (Å²) >= 11 is 1.52. The number of thioether (sulfide) groups is 1. The van der Waals surface area contributed by atoms with E-state index in [4.69, 9.17) is 9.66 Å². The molecule has 0 aliphatic rings. The molecule has 0 fully saturated rings. The fourth-order valence-electron chi connectivity index (χ4n) is 0.868. The van der Waals surface area contributed by atoms with Gasteiger partial charge in [-0.1, -0.05) is 0 Å². The van der Waals surface area contributed by atoms with Crippen molar-refractivity contribution in [3.8, 4) is 0 Å². The fourth-order valence-corrected chi connectivity index (χ4v) is 1.70. The van der Waals surface area contributed by atoms with Crippen LogP contribution in [0, 0.1) is 0 Å². The monoisotopic (exact) mass is 272 g/mol. The van der Waals surface area contributed by atoms with Gasteiger partial charge in [0.2, 0.25) is 0 Å². The van der Waals surface area contributed by atoms with Gasteiger partial charge < -0.3 is 5.11 Å². The zero-order valence-corrected chi connectivity index (χ0v) is 10.5. The molecule has 0 bridgehead atoms. The van der Waals surface area contributed by atoms with E-state index in [-0.39, 0.29) is 6.54 Å². The Morgan fingerprint density at radius 3 is 2.56 bits per heavy atom. The highest BCUT2D eigenvalue weighted by molar-refractivity contribution is 7.98. The first-order valence-corrected chi connectivity index (χ1v) is 7.52. The predicted molar refractivity (Wildman–Crippen MR) is 62.0 cm³/mol. The molecule has 0 aliphatic carbocycles. The summed E-state index contributed by atoms with van der Waals surface area (Å²) in [5.74, 6) is -0.785. The first-order valence-electron chi connectivity index (χ1n) is 4.52. The van der Waals surface area contributed by atoms with Crippen molar-refractivity contribution < 1.29 is 22.9 Å². The maximum Gasteiger partial charge on any atom is 0.322 e. The van der Waals surface area contributed by atoms with E-state index in [2.05, 4.69) is 10.9 Å². The summed E-state index contributed by atoms with van der Waals surface area (Å²) in [6, 6.07) is -0.770. The van der Waals surface area contributed by atoms with Gasteiger partial charge in [0.05, 0.1) is 5.75 Å². The van der Waals surface area contributed by atoms with Crippen molar-refractivity contribution in [2.45, 2.75) is 12.5 Å². The van der Waals surface area contributed by atoms with Gasteiger partial charge in [-0.15, -0.1) is 0 Å². The van der Waals surface area contributed by atoms with E-state index >= 15 is 0 Å². The van der Waals surface area contributed by atoms with Gasteiger partial charge in [0, 0.05) is 6.54 Å². The van der Waals surface area contributed by atoms with E-state index in [9.17, 15) is 13.2 Å². The number of carboxylic acids is 1. The largest absolute Gasteiger partial charge is 0.480 e. The molecule has 0 heterocycles. The van der Waals surface area contributed by atoms with Gasteiger partial charge in [-0.05, 0) is 18.4 Å². The van der Waals surface area contributed by atoms with Crippen molar-refractivity contribution in [2.24, 2.45) is 0 Å². The standard InChI is InChI=1S/C7H16N2O5S2/c1-15-4-2-6(7(10)11)9-8-3-5-16(12,13)14/h6,8-9H,2-5H2,1H3,(H,10,11)(H,12,13,14)/t6-/m0/s1. The Balaban J connectivity index is 3.81. The molecular weight excluding hydrogens is 256 g/mol. The lowest BCUT2D eigenvalue weighted by Crippen LogP contribution is -2.47. The van der Waals surface area contributed by atoms with Crippen LogP contribution in [0.1, 0.15) is 6.42 Å². The van der Waals surface area contributed by atoms with Gasteiger partial charge in [-0.3, -0.25) is 14.8 Å². The average molecular weight is 272 g/mol. The molecule has 9 heteroatoms. The zero-order valence-electron chi connectivity index (χ0n) is 8.84. The molecule has 1 atom stereocenters. The number of aliphatic carboxylic acids is 1. The molecule has 16 heavy (non-hydrogen) atoms. The maximum absolute atomic E-state index is 10.7. The van der Waals surface area contributed by atoms with Crippen molar-refractivity contribution >= 4 is 27.8 Å². The van der Waals surface area contributed by atoms with Gasteiger partial charge in [0.15, 0.2) is 0 Å². The van der Waals surface area contributed by atoms with E-state index in [0.717, 1.165) is 0 Å². The van der Waals surface area contributed by atoms with Crippen molar-refractivity contribution in [2.75, 3.05) is 24.3 Å². The van der Waals surface area contributed by atoms with Crippen LogP contribution < -0.4 is 10.9 Å². The number of hydrogen-bond acceptors (Lipinski definition) is 6. The summed E-state index contributed by atoms with van der Waals surface area (Å²) in [6.07, 6.45) is 2.29. The first-order chi connectivity index (χ1) is 7.37. The molecule has 0 saturated carbocycles. The predicted octanol–water partition coefficient (Wildman–Crippen LogP) is -0.825. The van der Waals surface area contributed by atoms with Gasteiger partial charge >= 0.3 is 5.97 Å². The Bertz CT molecular complexity index is 306. The SMILES string of the molecule is CSCC[C@H](NNCCS(=O)(=O)O)C(=O)O. The summed E-state index contributed by atoms with van der Waals surface area (Å²) in [5, 5.41) is 8.78. The lowest BCUT2D eigenvalue weighted by Gasteiger charge is -2.14. The summed E-state index contributed by atoms with van der Waals surface area (Å²) in [7, 11) is -4.01. The van der Waals surface area contributed by atoms with Crippen LogP contribution in [-0.4, -0.2) is 54.4 Å². The molecular formula is C7H16N2O5S2. The number of carboxylic acid groups (broad SMARTS) is 1. The van der Waals surface area contributed by atoms with Gasteiger partial charge in [0.1, 0.15) is 6.04 Å². The fraction of sp³-hybridized carbons (Fsp3) is 0.857. The number of rotatable bonds is 9. The lowest BCUT2D eigenvalue weighted by molar-refractivity contribution is -0.139. The number of hydrogen-bond donors (Lipinski definition) is 4. The minimum Gasteiger partial charge on any atom is -0.480 e. The van der Waals surface area contributed by atoms with Crippen LogP contribution in [0.3, 0.4) is 0 Å². The molecule has 0 spiro atoms. The molecule has 7 nitrogen and oxygen atoms in total. The van der Waals surface area contributed by atoms with E-state index in [1.54, 1.807) is 0 Å². The van der Waals surface area contributed by atoms with Crippen LogP contribution in [0.5, 0.6) is 0 Å². The first kappa shape index (κ1) is 15.7. The zero-order chi connectivity index (χ0) is 12.6. The summed E-state index contributed by atoms with van der Waals surface area (Å²) in [5.41, 5.74) is 4.94. The molecule has 0 rings (SSSR count). The number of hydrazine groups is 1. The topological polar surface area (TPSA) is 116 Å². The third kappa shape index (κ3) is 8.92. The molecule has 4 N–H and O–H groups in total. The van der Waals surface area contributed by atoms with Crippen LogP contribution in [0.25, 0.3) is 0 Å². The van der Waals surface area contributed by atoms with E-state index in [1.165, 1.54) is 11.8 Å². The minimum atomic E-state index is -4.01. The van der Waals surface area contributed by atoms with Crippen LogP contribution in [0.15, 0.2) is 0 Å². The molecule has 0 aliphatic heterocycles. The second-order valence-electron chi connectivity index (χ2n) is 3.03. The third-order valence-electron chi connectivity index (χ3n) is 1.67. The Kier molecular flexibility index (Phi) is 7.68. The number of carbonyl (C=O) groups is 1. The lowest BCUT2D eigenvalue weighted by atomic mass is 10.2. The van der Waals surface area contributed by atoms with Crippen LogP contribution in [0.4, 0.5) is 0 Å². The van der Waals surface area contributed by atoms with Gasteiger partial charge in [-0.25, -0.2) is 5.43 Å². The quantitative estimate of drug-likeness (QED) is 0.244. The van der Waals surface area contributed by atoms with Gasteiger partial charge in [-0.2, -0.15) is 20.2 Å². The summed E-state index contributed by atoms with van der Waals surface area (Å²) in [4.78, 5) is 10.7. The molecule has 0 radical (unpaired) electrons. The van der Waals surface area contributed by atoms with E-state index in [0.29, 0.717) is 12.2 Å². The molecule has 0 aromatic carbocycles. The Morgan fingerprint density at radius 2 is 2.12 bits per heavy atom. The molecule has 0 aromatic heterocycles. The highest BCUT2D eigenvalue weighted by Crippen LogP contribution is 1.99. The van der Waals surface area contributed by atoms with E-state index in [1.807, 2.05) is 6.26 Å². The van der Waals surface area contributed by atoms with Crippen molar-refractivity contribution in [1.29, 1.82) is 0 Å². The van der Waals surface area contributed by atoms with Crippen molar-refractivity contribution in [3.63, 3.8) is 0 Å². The van der Waals surface area contributed by atoms with Crippen LogP contribution in [0.2, 0.25) is 0 Å². The molecule has 0 aromatic rings. The van der Waals surface area contributed by atoms with E-state index < -0.39 is 27.9 Å². The number of nitrogens with one attached hydrogen (secondary N) is 2. The normalized spacial score (nSPS) is 13.6. The molecule has 96 valence electrons. The molecule has 0 unspecified atom stereocenters. The highest BCUT2D eigenvalue weighted by Gasteiger charge is 2.15. The Hall–Kier alpha value is -0.350. The van der Waals surface area contributed by atoms with Crippen LogP contribution >= 0.6 is 11.8 Å². The molecule has 0 amide bonds. The Labute approximate surface area is 98.7 Å². The maximum atomic E-state index is 10.7. The minimum absolute atomic E-state index is 0.0537. The average Bonchev–Trinajstić information content (AvgIpc) is 2.14. The van der Waals surface area contributed by atoms with Gasteiger partial charge in [0.25, 0.3) is 10.1 Å². The second-order valence-corrected chi connectivity index (χ2v) is 5.59. The molecule has 0 saturated heterocycles. The van der Waals surface area contributed by atoms with Crippen LogP contribution in [-0.2, 0) is 14.9 Å². The summed E-state index contributed by atoms with van der Waals surface area (Å²) < 4.78 is 29.1. The highest BCUT2D eigenvalue weighted by atomic mass is 32.2. The smallest absolute Gasteiger partial charge is 0.322 e. The summed E-state index contributed by atoms with van der Waals surface area (Å²) in [6.45, 7) is -0.0537. The Morgan fingerprint density at radius 1 is 1.50 bits per heavy atom.